The zero-order chi connectivity index (χ0) is 29.7. The van der Waals surface area contributed by atoms with Crippen molar-refractivity contribution < 1.29 is 14.3 Å². The number of hydrogen-bond donors (Lipinski definition) is 1. The Bertz CT molecular complexity index is 1400. The standard InChI is InChI=1S/C34H35N3O3.C2H6/c1-40-32-19-11-26(12-20-32)25-37(31-8-3-2-4-9-31)34(39)28-15-18-30(24-28)35-29-16-13-27(14-17-29)33(38)10-7-23-36-21-5-6-22-36;1-2/h2-4,7-20,35H,5-6,21-25H2,1H3;1-2H3/b10-7+;. The molecule has 1 amide bonds. The molecule has 1 aliphatic heterocycles. The Morgan fingerprint density at radius 2 is 1.60 bits per heavy atom. The van der Waals surface area contributed by atoms with Crippen molar-refractivity contribution in [3.05, 3.63) is 126 Å². The number of likely N-dealkylation sites (tertiary alicyclic amines) is 1. The van der Waals surface area contributed by atoms with Gasteiger partial charge in [-0.15, -0.1) is 0 Å². The summed E-state index contributed by atoms with van der Waals surface area (Å²) in [6, 6.07) is 25.0. The molecule has 6 heteroatoms. The molecule has 0 aromatic heterocycles. The average Bonchev–Trinajstić information content (AvgIpc) is 3.74. The van der Waals surface area contributed by atoms with E-state index in [1.165, 1.54) is 12.8 Å². The molecule has 42 heavy (non-hydrogen) atoms. The van der Waals surface area contributed by atoms with Crippen LogP contribution in [0.15, 0.2) is 114 Å². The Morgan fingerprint density at radius 1 is 0.905 bits per heavy atom. The first-order chi connectivity index (χ1) is 20.6. The topological polar surface area (TPSA) is 61.9 Å². The van der Waals surface area contributed by atoms with Gasteiger partial charge < -0.3 is 15.0 Å². The number of anilines is 2. The van der Waals surface area contributed by atoms with E-state index in [2.05, 4.69) is 10.2 Å². The Labute approximate surface area is 250 Å². The number of methoxy groups -OCH3 is 1. The van der Waals surface area contributed by atoms with Crippen LogP contribution >= 0.6 is 0 Å². The van der Waals surface area contributed by atoms with E-state index in [-0.39, 0.29) is 11.7 Å². The van der Waals surface area contributed by atoms with Gasteiger partial charge >= 0.3 is 0 Å². The highest BCUT2D eigenvalue weighted by atomic mass is 16.5. The summed E-state index contributed by atoms with van der Waals surface area (Å²) in [5.41, 5.74) is 5.06. The molecule has 218 valence electrons. The van der Waals surface area contributed by atoms with Gasteiger partial charge in [0, 0.05) is 41.2 Å². The van der Waals surface area contributed by atoms with Gasteiger partial charge in [0.25, 0.3) is 5.91 Å². The number of allylic oxidation sites excluding steroid dienone is 4. The van der Waals surface area contributed by atoms with Crippen LogP contribution in [0.3, 0.4) is 0 Å². The number of rotatable bonds is 11. The lowest BCUT2D eigenvalue weighted by Crippen LogP contribution is -2.31. The van der Waals surface area contributed by atoms with Crippen LogP contribution in [0.5, 0.6) is 5.75 Å². The third-order valence-electron chi connectivity index (χ3n) is 7.26. The van der Waals surface area contributed by atoms with Crippen molar-refractivity contribution in [3.63, 3.8) is 0 Å². The molecular formula is C36H41N3O3. The second kappa shape index (κ2) is 15.5. The number of ether oxygens (including phenoxy) is 1. The van der Waals surface area contributed by atoms with E-state index < -0.39 is 0 Å². The van der Waals surface area contributed by atoms with E-state index in [9.17, 15) is 9.59 Å². The zero-order valence-electron chi connectivity index (χ0n) is 24.9. The highest BCUT2D eigenvalue weighted by Gasteiger charge is 2.23. The number of amides is 1. The maximum Gasteiger partial charge on any atom is 0.254 e. The minimum atomic E-state index is -0.0308. The van der Waals surface area contributed by atoms with Crippen molar-refractivity contribution >= 4 is 23.1 Å². The molecule has 3 aromatic carbocycles. The van der Waals surface area contributed by atoms with Crippen LogP contribution in [0, 0.1) is 0 Å². The molecule has 0 radical (unpaired) electrons. The molecule has 0 bridgehead atoms. The normalized spacial score (nSPS) is 14.5. The molecule has 6 nitrogen and oxygen atoms in total. The number of nitrogens with one attached hydrogen (secondary N) is 1. The molecule has 2 aliphatic rings. The molecule has 5 rings (SSSR count). The fourth-order valence-electron chi connectivity index (χ4n) is 5.01. The van der Waals surface area contributed by atoms with Crippen molar-refractivity contribution in [1.29, 1.82) is 0 Å². The maximum atomic E-state index is 13.7. The van der Waals surface area contributed by atoms with Crippen LogP contribution in [-0.4, -0.2) is 43.3 Å². The summed E-state index contributed by atoms with van der Waals surface area (Å²) in [7, 11) is 1.64. The number of hydrogen-bond acceptors (Lipinski definition) is 5. The second-order valence-electron chi connectivity index (χ2n) is 10.1. The number of benzene rings is 3. The van der Waals surface area contributed by atoms with Crippen molar-refractivity contribution in [2.45, 2.75) is 39.7 Å². The van der Waals surface area contributed by atoms with E-state index in [1.54, 1.807) is 13.2 Å². The van der Waals surface area contributed by atoms with Crippen LogP contribution in [0.2, 0.25) is 0 Å². The first-order valence-corrected chi connectivity index (χ1v) is 14.8. The van der Waals surface area contributed by atoms with Crippen LogP contribution in [0.1, 0.15) is 49.0 Å². The minimum absolute atomic E-state index is 0.0123. The van der Waals surface area contributed by atoms with Crippen molar-refractivity contribution in [2.75, 3.05) is 37.0 Å². The lowest BCUT2D eigenvalue weighted by atomic mass is 10.1. The number of nitrogens with zero attached hydrogens (tertiary/aromatic N) is 2. The van der Waals surface area contributed by atoms with Gasteiger partial charge in [-0.3, -0.25) is 14.5 Å². The summed E-state index contributed by atoms with van der Waals surface area (Å²) in [4.78, 5) is 30.4. The molecular weight excluding hydrogens is 522 g/mol. The number of ketones is 1. The van der Waals surface area contributed by atoms with Gasteiger partial charge in [0.15, 0.2) is 5.78 Å². The molecule has 0 spiro atoms. The molecule has 3 aromatic rings. The largest absolute Gasteiger partial charge is 0.497 e. The maximum absolute atomic E-state index is 13.7. The summed E-state index contributed by atoms with van der Waals surface area (Å²) in [6.07, 6.45) is 10.5. The lowest BCUT2D eigenvalue weighted by molar-refractivity contribution is -0.115. The van der Waals surface area contributed by atoms with Crippen molar-refractivity contribution in [3.8, 4) is 5.75 Å². The first kappa shape index (κ1) is 30.5. The van der Waals surface area contributed by atoms with Gasteiger partial charge in [-0.1, -0.05) is 56.3 Å². The third kappa shape index (κ3) is 8.30. The summed E-state index contributed by atoms with van der Waals surface area (Å²) in [6.45, 7) is 7.51. The minimum Gasteiger partial charge on any atom is -0.497 e. The lowest BCUT2D eigenvalue weighted by Gasteiger charge is -2.24. The van der Waals surface area contributed by atoms with Crippen molar-refractivity contribution in [1.82, 2.24) is 4.90 Å². The van der Waals surface area contributed by atoms with Crippen LogP contribution < -0.4 is 15.0 Å². The first-order valence-electron chi connectivity index (χ1n) is 14.8. The Morgan fingerprint density at radius 3 is 2.26 bits per heavy atom. The molecule has 1 heterocycles. The zero-order valence-corrected chi connectivity index (χ0v) is 24.9. The van der Waals surface area contributed by atoms with Crippen LogP contribution in [0.25, 0.3) is 0 Å². The monoisotopic (exact) mass is 563 g/mol. The average molecular weight is 564 g/mol. The number of carbonyl (C=O) groups excluding carboxylic acids is 2. The van der Waals surface area contributed by atoms with Crippen molar-refractivity contribution in [2.24, 2.45) is 0 Å². The number of para-hydroxylation sites is 1. The summed E-state index contributed by atoms with van der Waals surface area (Å²) in [5, 5.41) is 3.40. The molecule has 1 fully saturated rings. The molecule has 0 saturated carbocycles. The fourth-order valence-corrected chi connectivity index (χ4v) is 5.01. The molecule has 1 aliphatic carbocycles. The van der Waals surface area contributed by atoms with Gasteiger partial charge in [-0.25, -0.2) is 0 Å². The second-order valence-corrected chi connectivity index (χ2v) is 10.1. The fraction of sp³-hybridized carbons (Fsp3) is 0.278. The van der Waals surface area contributed by atoms with Gasteiger partial charge in [0.05, 0.1) is 13.7 Å². The van der Waals surface area contributed by atoms with E-state index in [1.807, 2.05) is 116 Å². The van der Waals surface area contributed by atoms with Gasteiger partial charge in [-0.05, 0) is 92.2 Å². The van der Waals surface area contributed by atoms with Crippen LogP contribution in [0.4, 0.5) is 11.4 Å². The molecule has 0 atom stereocenters. The van der Waals surface area contributed by atoms with Crippen LogP contribution in [-0.2, 0) is 11.3 Å². The molecule has 1 saturated heterocycles. The summed E-state index contributed by atoms with van der Waals surface area (Å²) in [5.74, 6) is 0.765. The highest BCUT2D eigenvalue weighted by Crippen LogP contribution is 2.27. The number of carbonyl (C=O) groups is 2. The third-order valence-corrected chi connectivity index (χ3v) is 7.26. The molecule has 0 unspecified atom stereocenters. The van der Waals surface area contributed by atoms with E-state index in [4.69, 9.17) is 4.74 Å². The Balaban J connectivity index is 0.00000198. The Hall–Kier alpha value is -4.42. The molecule has 1 N–H and O–H groups in total. The van der Waals surface area contributed by atoms with Gasteiger partial charge in [-0.2, -0.15) is 0 Å². The van der Waals surface area contributed by atoms with Gasteiger partial charge in [0.2, 0.25) is 0 Å². The van der Waals surface area contributed by atoms with E-state index >= 15 is 0 Å². The smallest absolute Gasteiger partial charge is 0.254 e. The highest BCUT2D eigenvalue weighted by molar-refractivity contribution is 6.06. The predicted octanol–water partition coefficient (Wildman–Crippen LogP) is 7.42. The van der Waals surface area contributed by atoms with E-state index in [0.717, 1.165) is 53.6 Å². The van der Waals surface area contributed by atoms with Gasteiger partial charge in [0.1, 0.15) is 5.75 Å². The Kier molecular flexibility index (Phi) is 11.3. The summed E-state index contributed by atoms with van der Waals surface area (Å²) >= 11 is 0. The SMILES string of the molecule is CC.COc1ccc(CN(C(=O)C2=CC=C(Nc3ccc(C(=O)/C=C/CN4CCCC4)cc3)C2)c2ccccc2)cc1. The predicted molar refractivity (Wildman–Crippen MR) is 172 cm³/mol. The summed E-state index contributed by atoms with van der Waals surface area (Å²) < 4.78 is 5.27. The quantitative estimate of drug-likeness (QED) is 0.194. The van der Waals surface area contributed by atoms with E-state index in [0.29, 0.717) is 18.5 Å².